The van der Waals surface area contributed by atoms with Crippen LogP contribution in [0.25, 0.3) is 5.65 Å². The molecular weight excluding hydrogens is 463 g/mol. The van der Waals surface area contributed by atoms with Crippen molar-refractivity contribution < 1.29 is 13.2 Å². The van der Waals surface area contributed by atoms with Crippen LogP contribution >= 0.6 is 11.8 Å². The second-order valence-corrected chi connectivity index (χ2v) is 9.26. The first-order chi connectivity index (χ1) is 16.3. The Morgan fingerprint density at radius 2 is 1.68 bits per heavy atom. The summed E-state index contributed by atoms with van der Waals surface area (Å²) in [4.78, 5) is 10.0. The van der Waals surface area contributed by atoms with E-state index in [-0.39, 0.29) is 5.65 Å². The van der Waals surface area contributed by atoms with Crippen molar-refractivity contribution in [3.8, 4) is 0 Å². The lowest BCUT2D eigenvalue weighted by Crippen LogP contribution is -2.46. The second kappa shape index (κ2) is 9.22. The van der Waals surface area contributed by atoms with E-state index >= 15 is 0 Å². The Kier molecular flexibility index (Phi) is 6.13. The maximum Gasteiger partial charge on any atom is 0.453 e. The third-order valence-corrected chi connectivity index (χ3v) is 6.60. The number of fused-ring (bicyclic) bond motifs is 1. The zero-order valence-electron chi connectivity index (χ0n) is 18.4. The summed E-state index contributed by atoms with van der Waals surface area (Å²) in [6.45, 7) is 5.71. The third-order valence-electron chi connectivity index (χ3n) is 5.65. The van der Waals surface area contributed by atoms with Crippen LogP contribution in [0.1, 0.15) is 17.0 Å². The van der Waals surface area contributed by atoms with E-state index in [0.29, 0.717) is 18.9 Å². The summed E-state index contributed by atoms with van der Waals surface area (Å²) in [5.41, 5.74) is 2.43. The molecule has 0 spiro atoms. The molecule has 176 valence electrons. The van der Waals surface area contributed by atoms with Gasteiger partial charge >= 0.3 is 6.18 Å². The topological polar surface area (TPSA) is 62.5 Å². The maximum atomic E-state index is 13.1. The van der Waals surface area contributed by atoms with Crippen LogP contribution in [0.3, 0.4) is 0 Å². The molecule has 1 aromatic carbocycles. The lowest BCUT2D eigenvalue weighted by Gasteiger charge is -2.35. The summed E-state index contributed by atoms with van der Waals surface area (Å²) in [5.74, 6) is -0.629. The van der Waals surface area contributed by atoms with E-state index in [1.54, 1.807) is 17.8 Å². The highest BCUT2D eigenvalue weighted by Crippen LogP contribution is 2.28. The molecule has 0 bridgehead atoms. The Labute approximate surface area is 198 Å². The Bertz CT molecular complexity index is 1260. The molecule has 1 aliphatic heterocycles. The van der Waals surface area contributed by atoms with Gasteiger partial charge in [0.1, 0.15) is 10.8 Å². The van der Waals surface area contributed by atoms with Gasteiger partial charge in [0, 0.05) is 43.8 Å². The molecule has 1 fully saturated rings. The summed E-state index contributed by atoms with van der Waals surface area (Å²) in [6, 6.07) is 15.7. The van der Waals surface area contributed by atoms with E-state index in [4.69, 9.17) is 0 Å². The molecule has 7 nitrogen and oxygen atoms in total. The van der Waals surface area contributed by atoms with Crippen molar-refractivity contribution in [3.05, 3.63) is 71.7 Å². The van der Waals surface area contributed by atoms with E-state index in [1.807, 2.05) is 17.2 Å². The smallest absolute Gasteiger partial charge is 0.353 e. The summed E-state index contributed by atoms with van der Waals surface area (Å²) >= 11 is 1.63. The molecule has 0 radical (unpaired) electrons. The number of pyridine rings is 1. The largest absolute Gasteiger partial charge is 0.453 e. The van der Waals surface area contributed by atoms with E-state index in [0.717, 1.165) is 39.6 Å². The van der Waals surface area contributed by atoms with E-state index < -0.39 is 12.0 Å². The van der Waals surface area contributed by atoms with Crippen LogP contribution in [0.4, 0.5) is 19.0 Å². The molecule has 3 aromatic heterocycles. The molecule has 4 aromatic rings. The van der Waals surface area contributed by atoms with Gasteiger partial charge in [0.2, 0.25) is 0 Å². The number of benzene rings is 1. The van der Waals surface area contributed by atoms with Crippen LogP contribution in [-0.4, -0.2) is 55.9 Å². The minimum absolute atomic E-state index is 0.0752. The third kappa shape index (κ3) is 5.00. The Hall–Kier alpha value is -3.18. The van der Waals surface area contributed by atoms with Gasteiger partial charge in [-0.25, -0.2) is 4.98 Å². The maximum absolute atomic E-state index is 13.1. The lowest BCUT2D eigenvalue weighted by molar-refractivity contribution is -0.146. The fourth-order valence-electron chi connectivity index (χ4n) is 3.81. The zero-order chi connectivity index (χ0) is 23.7. The van der Waals surface area contributed by atoms with Crippen LogP contribution in [0.2, 0.25) is 0 Å². The average molecular weight is 486 g/mol. The van der Waals surface area contributed by atoms with Crippen molar-refractivity contribution in [3.63, 3.8) is 0 Å². The van der Waals surface area contributed by atoms with Gasteiger partial charge in [-0.3, -0.25) is 4.90 Å². The molecule has 0 aliphatic carbocycles. The van der Waals surface area contributed by atoms with Gasteiger partial charge in [-0.1, -0.05) is 35.5 Å². The molecule has 0 amide bonds. The predicted octanol–water partition coefficient (Wildman–Crippen LogP) is 4.32. The number of hydrogen-bond acceptors (Lipinski definition) is 7. The van der Waals surface area contributed by atoms with Crippen molar-refractivity contribution in [1.29, 1.82) is 0 Å². The number of alkyl halides is 3. The molecule has 5 rings (SSSR count). The quantitative estimate of drug-likeness (QED) is 0.417. The Balaban J connectivity index is 1.18. The van der Waals surface area contributed by atoms with Crippen molar-refractivity contribution in [1.82, 2.24) is 29.7 Å². The van der Waals surface area contributed by atoms with Crippen molar-refractivity contribution in [2.75, 3.05) is 31.1 Å². The van der Waals surface area contributed by atoms with Crippen LogP contribution in [0, 0.1) is 6.92 Å². The van der Waals surface area contributed by atoms with Crippen molar-refractivity contribution >= 4 is 23.2 Å². The molecular formula is C23H22F3N7S. The normalized spacial score (nSPS) is 15.2. The second-order valence-electron chi connectivity index (χ2n) is 8.17. The predicted molar refractivity (Wildman–Crippen MR) is 123 cm³/mol. The first-order valence-corrected chi connectivity index (χ1v) is 11.6. The molecule has 34 heavy (non-hydrogen) atoms. The van der Waals surface area contributed by atoms with Gasteiger partial charge in [-0.05, 0) is 42.8 Å². The Morgan fingerprint density at radius 3 is 2.35 bits per heavy atom. The monoisotopic (exact) mass is 485 g/mol. The van der Waals surface area contributed by atoms with Crippen LogP contribution in [0.15, 0.2) is 64.6 Å². The Morgan fingerprint density at radius 1 is 0.912 bits per heavy atom. The minimum atomic E-state index is -4.61. The molecule has 1 aliphatic rings. The summed E-state index contributed by atoms with van der Waals surface area (Å²) in [6.07, 6.45) is -2.70. The molecule has 0 atom stereocenters. The molecule has 0 unspecified atom stereocenters. The standard InChI is InChI=1S/C23H22F3N7S/c1-16-2-5-18(6-3-16)34-21-9-4-17(14-27-21)15-31-10-12-32(13-11-31)20-8-7-19-28-29-22(23(24,25)26)33(19)30-20/h2-9,14H,10-13,15H2,1H3. The van der Waals surface area contributed by atoms with E-state index in [2.05, 4.69) is 62.4 Å². The SMILES string of the molecule is Cc1ccc(Sc2ccc(CN3CCN(c4ccc5nnc(C(F)(F)F)n5n4)CC3)cn2)cc1. The molecule has 11 heteroatoms. The van der Waals surface area contributed by atoms with Gasteiger partial charge in [-0.15, -0.1) is 15.3 Å². The average Bonchev–Trinajstić information content (AvgIpc) is 3.26. The first-order valence-electron chi connectivity index (χ1n) is 10.8. The fraction of sp³-hybridized carbons (Fsp3) is 0.304. The molecule has 0 N–H and O–H groups in total. The summed E-state index contributed by atoms with van der Waals surface area (Å²) in [5, 5.41) is 11.9. The van der Waals surface area contributed by atoms with E-state index in [9.17, 15) is 13.2 Å². The van der Waals surface area contributed by atoms with Crippen molar-refractivity contribution in [2.45, 2.75) is 29.6 Å². The number of aryl methyl sites for hydroxylation is 1. The summed E-state index contributed by atoms with van der Waals surface area (Å²) < 4.78 is 40.2. The van der Waals surface area contributed by atoms with Gasteiger partial charge in [0.25, 0.3) is 5.82 Å². The number of halogens is 3. The van der Waals surface area contributed by atoms with Gasteiger partial charge < -0.3 is 4.90 Å². The summed E-state index contributed by atoms with van der Waals surface area (Å²) in [7, 11) is 0. The minimum Gasteiger partial charge on any atom is -0.353 e. The van der Waals surface area contributed by atoms with E-state index in [1.165, 1.54) is 11.6 Å². The van der Waals surface area contributed by atoms with Gasteiger partial charge in [-0.2, -0.15) is 17.7 Å². The highest BCUT2D eigenvalue weighted by molar-refractivity contribution is 7.99. The van der Waals surface area contributed by atoms with Crippen LogP contribution < -0.4 is 4.90 Å². The van der Waals surface area contributed by atoms with Crippen LogP contribution in [0.5, 0.6) is 0 Å². The number of aromatic nitrogens is 5. The number of nitrogens with zero attached hydrogens (tertiary/aromatic N) is 7. The van der Waals surface area contributed by atoms with Gasteiger partial charge in [0.05, 0.1) is 0 Å². The van der Waals surface area contributed by atoms with Crippen molar-refractivity contribution in [2.24, 2.45) is 0 Å². The fourth-order valence-corrected chi connectivity index (χ4v) is 4.56. The highest BCUT2D eigenvalue weighted by Gasteiger charge is 2.37. The number of piperazine rings is 1. The van der Waals surface area contributed by atoms with Crippen LogP contribution in [-0.2, 0) is 12.7 Å². The molecule has 0 saturated carbocycles. The highest BCUT2D eigenvalue weighted by atomic mass is 32.2. The number of hydrogen-bond donors (Lipinski definition) is 0. The number of rotatable bonds is 5. The number of anilines is 1. The molecule has 4 heterocycles. The lowest BCUT2D eigenvalue weighted by atomic mass is 10.2. The zero-order valence-corrected chi connectivity index (χ0v) is 19.2. The molecule has 1 saturated heterocycles. The first kappa shape index (κ1) is 22.6. The van der Waals surface area contributed by atoms with Gasteiger partial charge in [0.15, 0.2) is 5.65 Å².